The lowest BCUT2D eigenvalue weighted by molar-refractivity contribution is 0.397. The molecule has 0 bridgehead atoms. The van der Waals surface area contributed by atoms with Crippen LogP contribution in [0, 0.1) is 0 Å². The third kappa shape index (κ3) is 3.17. The summed E-state index contributed by atoms with van der Waals surface area (Å²) in [5.74, 6) is 0. The fourth-order valence-electron chi connectivity index (χ4n) is 1.98. The van der Waals surface area contributed by atoms with E-state index in [1.807, 2.05) is 24.4 Å². The lowest BCUT2D eigenvalue weighted by Crippen LogP contribution is -2.28. The molecule has 1 saturated carbocycles. The van der Waals surface area contributed by atoms with E-state index in [1.165, 1.54) is 5.56 Å². The van der Waals surface area contributed by atoms with E-state index in [-0.39, 0.29) is 0 Å². The Morgan fingerprint density at radius 1 is 1.07 bits per heavy atom. The molecule has 2 rings (SSSR count). The molecule has 1 fully saturated rings. The number of nitrogens with two attached hydrogens (primary N) is 1. The minimum atomic E-state index is 0.410. The Morgan fingerprint density at radius 2 is 1.73 bits per heavy atom. The summed E-state index contributed by atoms with van der Waals surface area (Å²) in [5.41, 5.74) is 7.04. The van der Waals surface area contributed by atoms with Gasteiger partial charge in [0.05, 0.1) is 6.04 Å². The summed E-state index contributed by atoms with van der Waals surface area (Å²) >= 11 is 0. The van der Waals surface area contributed by atoms with Gasteiger partial charge in [-0.05, 0) is 31.2 Å². The van der Waals surface area contributed by atoms with Gasteiger partial charge >= 0.3 is 0 Å². The molecule has 0 saturated heterocycles. The largest absolute Gasteiger partial charge is 0.328 e. The fraction of sp³-hybridized carbons (Fsp3) is 0.462. The van der Waals surface area contributed by atoms with Gasteiger partial charge in [0.1, 0.15) is 0 Å². The number of rotatable bonds is 2. The predicted octanol–water partition coefficient (Wildman–Crippen LogP) is 2.38. The standard InChI is InChI=1S/C13H18N2/c14-12-6-8-13(9-7-12)15-10-11-4-2-1-3-5-11/h1-5,10,12-13H,6-9,14H2. The fourth-order valence-corrected chi connectivity index (χ4v) is 1.98. The van der Waals surface area contributed by atoms with E-state index in [9.17, 15) is 0 Å². The molecular formula is C13H18N2. The van der Waals surface area contributed by atoms with E-state index in [4.69, 9.17) is 5.73 Å². The molecule has 0 atom stereocenters. The highest BCUT2D eigenvalue weighted by atomic mass is 14.8. The summed E-state index contributed by atoms with van der Waals surface area (Å²) in [6, 6.07) is 11.2. The molecule has 0 radical (unpaired) electrons. The molecule has 15 heavy (non-hydrogen) atoms. The van der Waals surface area contributed by atoms with E-state index >= 15 is 0 Å². The molecule has 1 aliphatic rings. The van der Waals surface area contributed by atoms with Crippen molar-refractivity contribution >= 4 is 6.21 Å². The average Bonchev–Trinajstić information content (AvgIpc) is 2.30. The molecule has 0 amide bonds. The Bertz CT molecular complexity index is 311. The van der Waals surface area contributed by atoms with Crippen LogP contribution in [-0.2, 0) is 0 Å². The lowest BCUT2D eigenvalue weighted by atomic mass is 9.92. The SMILES string of the molecule is NC1CCC(N=Cc2ccccc2)CC1. The third-order valence-corrected chi connectivity index (χ3v) is 2.98. The zero-order valence-corrected chi connectivity index (χ0v) is 8.97. The summed E-state index contributed by atoms with van der Waals surface area (Å²) in [6.45, 7) is 0. The zero-order chi connectivity index (χ0) is 10.5. The first-order valence-corrected chi connectivity index (χ1v) is 5.68. The Hall–Kier alpha value is -1.15. The van der Waals surface area contributed by atoms with Crippen molar-refractivity contribution in [2.45, 2.75) is 37.8 Å². The molecule has 1 aliphatic carbocycles. The molecule has 2 N–H and O–H groups in total. The Kier molecular flexibility index (Phi) is 3.51. The van der Waals surface area contributed by atoms with E-state index in [0.717, 1.165) is 25.7 Å². The van der Waals surface area contributed by atoms with Gasteiger partial charge in [-0.2, -0.15) is 0 Å². The van der Waals surface area contributed by atoms with Gasteiger partial charge in [-0.1, -0.05) is 30.3 Å². The molecule has 80 valence electrons. The Morgan fingerprint density at radius 3 is 2.40 bits per heavy atom. The van der Waals surface area contributed by atoms with Crippen molar-refractivity contribution in [2.75, 3.05) is 0 Å². The van der Waals surface area contributed by atoms with Crippen LogP contribution in [0.4, 0.5) is 0 Å². The van der Waals surface area contributed by atoms with Crippen molar-refractivity contribution in [2.24, 2.45) is 10.7 Å². The molecule has 2 nitrogen and oxygen atoms in total. The number of hydrogen-bond acceptors (Lipinski definition) is 2. The number of hydrogen-bond donors (Lipinski definition) is 1. The molecule has 1 aromatic carbocycles. The highest BCUT2D eigenvalue weighted by molar-refractivity contribution is 5.79. The minimum Gasteiger partial charge on any atom is -0.328 e. The highest BCUT2D eigenvalue weighted by Gasteiger charge is 2.16. The average molecular weight is 202 g/mol. The van der Waals surface area contributed by atoms with Crippen LogP contribution in [0.15, 0.2) is 35.3 Å². The van der Waals surface area contributed by atoms with Crippen LogP contribution in [0.3, 0.4) is 0 Å². The molecular weight excluding hydrogens is 184 g/mol. The van der Waals surface area contributed by atoms with E-state index in [0.29, 0.717) is 12.1 Å². The van der Waals surface area contributed by atoms with Crippen molar-refractivity contribution in [3.05, 3.63) is 35.9 Å². The molecule has 0 unspecified atom stereocenters. The first-order chi connectivity index (χ1) is 7.34. The van der Waals surface area contributed by atoms with Crippen LogP contribution < -0.4 is 5.73 Å². The van der Waals surface area contributed by atoms with Crippen LogP contribution in [0.25, 0.3) is 0 Å². The topological polar surface area (TPSA) is 38.4 Å². The maximum atomic E-state index is 5.85. The maximum Gasteiger partial charge on any atom is 0.0501 e. The molecule has 0 aromatic heterocycles. The van der Waals surface area contributed by atoms with Crippen LogP contribution >= 0.6 is 0 Å². The molecule has 0 heterocycles. The van der Waals surface area contributed by atoms with Crippen LogP contribution in [0.2, 0.25) is 0 Å². The lowest BCUT2D eigenvalue weighted by Gasteiger charge is -2.22. The molecule has 0 spiro atoms. The van der Waals surface area contributed by atoms with Crippen molar-refractivity contribution in [3.8, 4) is 0 Å². The molecule has 0 aliphatic heterocycles. The van der Waals surface area contributed by atoms with Gasteiger partial charge in [-0.3, -0.25) is 4.99 Å². The zero-order valence-electron chi connectivity index (χ0n) is 8.97. The second kappa shape index (κ2) is 5.08. The van der Waals surface area contributed by atoms with Gasteiger partial charge in [-0.15, -0.1) is 0 Å². The van der Waals surface area contributed by atoms with Gasteiger partial charge < -0.3 is 5.73 Å². The van der Waals surface area contributed by atoms with Gasteiger partial charge in [0.2, 0.25) is 0 Å². The summed E-state index contributed by atoms with van der Waals surface area (Å²) in [7, 11) is 0. The summed E-state index contributed by atoms with van der Waals surface area (Å²) < 4.78 is 0. The van der Waals surface area contributed by atoms with Gasteiger partial charge in [0, 0.05) is 12.3 Å². The van der Waals surface area contributed by atoms with Crippen molar-refractivity contribution in [1.29, 1.82) is 0 Å². The van der Waals surface area contributed by atoms with Crippen molar-refractivity contribution < 1.29 is 0 Å². The van der Waals surface area contributed by atoms with E-state index in [1.54, 1.807) is 0 Å². The number of nitrogens with zero attached hydrogens (tertiary/aromatic N) is 1. The Balaban J connectivity index is 1.89. The Labute approximate surface area is 91.2 Å². The highest BCUT2D eigenvalue weighted by Crippen LogP contribution is 2.19. The summed E-state index contributed by atoms with van der Waals surface area (Å²) in [4.78, 5) is 4.61. The third-order valence-electron chi connectivity index (χ3n) is 2.98. The van der Waals surface area contributed by atoms with E-state index < -0.39 is 0 Å². The predicted molar refractivity (Wildman–Crippen MR) is 64.3 cm³/mol. The summed E-state index contributed by atoms with van der Waals surface area (Å²) in [5, 5.41) is 0. The quantitative estimate of drug-likeness (QED) is 0.735. The van der Waals surface area contributed by atoms with Gasteiger partial charge in [-0.25, -0.2) is 0 Å². The van der Waals surface area contributed by atoms with Crippen LogP contribution in [-0.4, -0.2) is 18.3 Å². The molecule has 2 heteroatoms. The van der Waals surface area contributed by atoms with Crippen LogP contribution in [0.1, 0.15) is 31.2 Å². The number of benzene rings is 1. The van der Waals surface area contributed by atoms with Crippen LogP contribution in [0.5, 0.6) is 0 Å². The second-order valence-corrected chi connectivity index (χ2v) is 4.26. The molecule has 1 aromatic rings. The minimum absolute atomic E-state index is 0.410. The second-order valence-electron chi connectivity index (χ2n) is 4.26. The normalized spacial score (nSPS) is 27.0. The first-order valence-electron chi connectivity index (χ1n) is 5.68. The monoisotopic (exact) mass is 202 g/mol. The van der Waals surface area contributed by atoms with Crippen molar-refractivity contribution in [1.82, 2.24) is 0 Å². The first kappa shape index (κ1) is 10.4. The maximum absolute atomic E-state index is 5.85. The van der Waals surface area contributed by atoms with Gasteiger partial charge in [0.25, 0.3) is 0 Å². The van der Waals surface area contributed by atoms with Crippen molar-refractivity contribution in [3.63, 3.8) is 0 Å². The van der Waals surface area contributed by atoms with Gasteiger partial charge in [0.15, 0.2) is 0 Å². The summed E-state index contributed by atoms with van der Waals surface area (Å²) in [6.07, 6.45) is 6.52. The van der Waals surface area contributed by atoms with E-state index in [2.05, 4.69) is 17.1 Å². The number of aliphatic imine (C=N–C) groups is 1. The smallest absolute Gasteiger partial charge is 0.0501 e.